The fourth-order valence-electron chi connectivity index (χ4n) is 0.926. The van der Waals surface area contributed by atoms with Crippen LogP contribution in [0.4, 0.5) is 0 Å². The topological polar surface area (TPSA) is 0 Å². The van der Waals surface area contributed by atoms with Crippen LogP contribution in [0.2, 0.25) is 0 Å². The van der Waals surface area contributed by atoms with Crippen molar-refractivity contribution in [3.63, 3.8) is 0 Å². The molecule has 0 aliphatic rings. The minimum atomic E-state index is 0.663. The van der Waals surface area contributed by atoms with Crippen molar-refractivity contribution in [2.45, 2.75) is 26.7 Å². The fraction of sp³-hybridized carbons (Fsp3) is 0.500. The molecule has 0 aromatic carbocycles. The number of allylic oxidation sites excluding steroid dienone is 2. The van der Waals surface area contributed by atoms with Gasteiger partial charge in [0.15, 0.2) is 0 Å². The van der Waals surface area contributed by atoms with Gasteiger partial charge in [0.2, 0.25) is 0 Å². The molecule has 0 atom stereocenters. The summed E-state index contributed by atoms with van der Waals surface area (Å²) in [5, 5.41) is 0. The highest BCUT2D eigenvalue weighted by molar-refractivity contribution is 5.02. The predicted molar refractivity (Wildman–Crippen MR) is 47.7 cm³/mol. The zero-order chi connectivity index (χ0) is 7.98. The maximum absolute atomic E-state index is 3.71. The van der Waals surface area contributed by atoms with Crippen LogP contribution in [-0.4, -0.2) is 0 Å². The zero-order valence-corrected chi connectivity index (χ0v) is 7.06. The third kappa shape index (κ3) is 3.49. The van der Waals surface area contributed by atoms with Gasteiger partial charge in [0.05, 0.1) is 0 Å². The molecule has 0 N–H and O–H groups in total. The van der Waals surface area contributed by atoms with Crippen LogP contribution in [0.1, 0.15) is 26.7 Å². The van der Waals surface area contributed by atoms with Crippen LogP contribution in [0.5, 0.6) is 0 Å². The molecule has 0 nitrogen and oxygen atoms in total. The molecule has 0 fully saturated rings. The smallest absolute Gasteiger partial charge is 0.0141 e. The van der Waals surface area contributed by atoms with Gasteiger partial charge in [-0.05, 0) is 24.7 Å². The second-order valence-electron chi connectivity index (χ2n) is 2.80. The molecule has 0 heterocycles. The van der Waals surface area contributed by atoms with Gasteiger partial charge in [-0.2, -0.15) is 0 Å². The van der Waals surface area contributed by atoms with E-state index in [1.54, 1.807) is 0 Å². The van der Waals surface area contributed by atoms with Crippen molar-refractivity contribution in [2.24, 2.45) is 5.92 Å². The molecule has 0 saturated heterocycles. The Bertz CT molecular complexity index is 90.6. The lowest BCUT2D eigenvalue weighted by Crippen LogP contribution is -2.03. The highest BCUT2D eigenvalue weighted by Crippen LogP contribution is 2.21. The van der Waals surface area contributed by atoms with Gasteiger partial charge >= 0.3 is 0 Å². The molecular formula is C10H17. The Balaban J connectivity index is 3.70. The first-order chi connectivity index (χ1) is 4.72. The van der Waals surface area contributed by atoms with Crippen molar-refractivity contribution < 1.29 is 0 Å². The number of hydrogen-bond donors (Lipinski definition) is 0. The lowest BCUT2D eigenvalue weighted by Gasteiger charge is -2.15. The highest BCUT2D eigenvalue weighted by atomic mass is 14.1. The fourth-order valence-corrected chi connectivity index (χ4v) is 0.926. The van der Waals surface area contributed by atoms with Gasteiger partial charge in [-0.1, -0.05) is 26.0 Å². The second kappa shape index (κ2) is 5.28. The van der Waals surface area contributed by atoms with E-state index in [4.69, 9.17) is 0 Å². The molecular weight excluding hydrogens is 120 g/mol. The summed E-state index contributed by atoms with van der Waals surface area (Å²) in [7, 11) is 0. The number of hydrogen-bond acceptors (Lipinski definition) is 0. The van der Waals surface area contributed by atoms with E-state index in [9.17, 15) is 0 Å². The first kappa shape index (κ1) is 9.48. The van der Waals surface area contributed by atoms with Crippen molar-refractivity contribution in [1.82, 2.24) is 0 Å². The summed E-state index contributed by atoms with van der Waals surface area (Å²) >= 11 is 0. The van der Waals surface area contributed by atoms with Crippen LogP contribution >= 0.6 is 0 Å². The molecule has 57 valence electrons. The highest BCUT2D eigenvalue weighted by Gasteiger charge is 2.09. The van der Waals surface area contributed by atoms with E-state index in [2.05, 4.69) is 27.0 Å². The average molecular weight is 137 g/mol. The average Bonchev–Trinajstić information content (AvgIpc) is 1.87. The molecule has 0 aliphatic carbocycles. The minimum absolute atomic E-state index is 0.663. The van der Waals surface area contributed by atoms with E-state index in [1.165, 1.54) is 5.92 Å². The summed E-state index contributed by atoms with van der Waals surface area (Å²) in [5.74, 6) is 2.18. The van der Waals surface area contributed by atoms with Gasteiger partial charge in [-0.3, -0.25) is 0 Å². The summed E-state index contributed by atoms with van der Waals surface area (Å²) in [6.07, 6.45) is 5.98. The molecule has 0 aromatic heterocycles. The van der Waals surface area contributed by atoms with Crippen molar-refractivity contribution in [3.05, 3.63) is 31.2 Å². The number of rotatable bonds is 5. The van der Waals surface area contributed by atoms with E-state index in [0.29, 0.717) is 5.92 Å². The van der Waals surface area contributed by atoms with Crippen LogP contribution < -0.4 is 0 Å². The van der Waals surface area contributed by atoms with Gasteiger partial charge < -0.3 is 0 Å². The molecule has 0 bridgehead atoms. The lowest BCUT2D eigenvalue weighted by atomic mass is 9.90. The molecule has 0 aromatic rings. The summed E-state index contributed by atoms with van der Waals surface area (Å²) in [6, 6.07) is 0. The Kier molecular flexibility index (Phi) is 5.00. The van der Waals surface area contributed by atoms with Gasteiger partial charge in [-0.25, -0.2) is 0 Å². The molecule has 0 saturated carbocycles. The standard InChI is InChI=1S/C10H17/c1-5-7-10(8-6-2)9(3)4/h5-6,9H,1-2,7-8H2,3-4H3. The summed E-state index contributed by atoms with van der Waals surface area (Å²) < 4.78 is 0. The van der Waals surface area contributed by atoms with Gasteiger partial charge in [0.1, 0.15) is 0 Å². The molecule has 0 aliphatic heterocycles. The summed E-state index contributed by atoms with van der Waals surface area (Å²) in [6.45, 7) is 11.8. The molecule has 0 heteroatoms. The SMILES string of the molecule is C=CC[C](CC=C)C(C)C. The first-order valence-electron chi connectivity index (χ1n) is 3.78. The van der Waals surface area contributed by atoms with Crippen LogP contribution in [0.15, 0.2) is 25.3 Å². The summed E-state index contributed by atoms with van der Waals surface area (Å²) in [4.78, 5) is 0. The van der Waals surface area contributed by atoms with E-state index < -0.39 is 0 Å². The molecule has 1 radical (unpaired) electrons. The normalized spacial score (nSPS) is 10.4. The Morgan fingerprint density at radius 1 is 1.20 bits per heavy atom. The second-order valence-corrected chi connectivity index (χ2v) is 2.80. The maximum atomic E-state index is 3.71. The van der Waals surface area contributed by atoms with Gasteiger partial charge in [-0.15, -0.1) is 13.2 Å². The van der Waals surface area contributed by atoms with E-state index in [1.807, 2.05) is 12.2 Å². The molecule has 0 amide bonds. The van der Waals surface area contributed by atoms with Crippen LogP contribution in [0, 0.1) is 11.8 Å². The maximum Gasteiger partial charge on any atom is -0.0141 e. The van der Waals surface area contributed by atoms with Crippen LogP contribution in [0.25, 0.3) is 0 Å². The largest absolute Gasteiger partial charge is 0.103 e. The van der Waals surface area contributed by atoms with E-state index in [0.717, 1.165) is 12.8 Å². The summed E-state index contributed by atoms with van der Waals surface area (Å²) in [5.41, 5.74) is 0. The Hall–Kier alpha value is -0.520. The molecule has 0 unspecified atom stereocenters. The third-order valence-electron chi connectivity index (χ3n) is 1.63. The van der Waals surface area contributed by atoms with Crippen molar-refractivity contribution >= 4 is 0 Å². The quantitative estimate of drug-likeness (QED) is 0.510. The Labute approximate surface area is 64.6 Å². The van der Waals surface area contributed by atoms with Crippen molar-refractivity contribution in [3.8, 4) is 0 Å². The molecule has 0 spiro atoms. The molecule has 0 rings (SSSR count). The minimum Gasteiger partial charge on any atom is -0.103 e. The lowest BCUT2D eigenvalue weighted by molar-refractivity contribution is 0.615. The van der Waals surface area contributed by atoms with E-state index >= 15 is 0 Å². The molecule has 10 heavy (non-hydrogen) atoms. The van der Waals surface area contributed by atoms with Crippen molar-refractivity contribution in [2.75, 3.05) is 0 Å². The van der Waals surface area contributed by atoms with Crippen LogP contribution in [0.3, 0.4) is 0 Å². The zero-order valence-electron chi connectivity index (χ0n) is 7.06. The monoisotopic (exact) mass is 137 g/mol. The predicted octanol–water partition coefficient (Wildman–Crippen LogP) is 3.37. The van der Waals surface area contributed by atoms with Gasteiger partial charge in [0, 0.05) is 0 Å². The first-order valence-corrected chi connectivity index (χ1v) is 3.78. The third-order valence-corrected chi connectivity index (χ3v) is 1.63. The van der Waals surface area contributed by atoms with Crippen LogP contribution in [-0.2, 0) is 0 Å². The van der Waals surface area contributed by atoms with Crippen molar-refractivity contribution in [1.29, 1.82) is 0 Å². The Morgan fingerprint density at radius 2 is 1.60 bits per heavy atom. The van der Waals surface area contributed by atoms with E-state index in [-0.39, 0.29) is 0 Å². The Morgan fingerprint density at radius 3 is 1.80 bits per heavy atom. The van der Waals surface area contributed by atoms with Gasteiger partial charge in [0.25, 0.3) is 0 Å².